The fourth-order valence-corrected chi connectivity index (χ4v) is 4.95. The van der Waals surface area contributed by atoms with Gasteiger partial charge in [0.2, 0.25) is 0 Å². The van der Waals surface area contributed by atoms with E-state index in [0.717, 1.165) is 12.8 Å². The number of hydrogen-bond acceptors (Lipinski definition) is 3. The Balaban J connectivity index is 2.83. The maximum absolute atomic E-state index is 6.88. The summed E-state index contributed by atoms with van der Waals surface area (Å²) in [6.45, 7) is 19.6. The van der Waals surface area contributed by atoms with Crippen molar-refractivity contribution in [2.24, 2.45) is 11.8 Å². The predicted molar refractivity (Wildman–Crippen MR) is 131 cm³/mol. The lowest BCUT2D eigenvalue weighted by molar-refractivity contribution is -0.0530. The molecule has 1 aromatic rings. The van der Waals surface area contributed by atoms with Gasteiger partial charge in [-0.25, -0.2) is 0 Å². The van der Waals surface area contributed by atoms with Gasteiger partial charge in [-0.1, -0.05) is 84.0 Å². The molecule has 0 saturated carbocycles. The van der Waals surface area contributed by atoms with Crippen molar-refractivity contribution in [3.05, 3.63) is 48.0 Å². The maximum Gasteiger partial charge on any atom is 0.192 e. The highest BCUT2D eigenvalue weighted by atomic mass is 28.4. The van der Waals surface area contributed by atoms with Crippen LogP contribution in [0.4, 0.5) is 0 Å². The van der Waals surface area contributed by atoms with Crippen molar-refractivity contribution in [2.75, 3.05) is 13.7 Å². The smallest absolute Gasteiger partial charge is 0.192 e. The normalized spacial score (nSPS) is 17.1. The number of hydrogen-bond donors (Lipinski definition) is 0. The molecule has 1 aromatic carbocycles. The van der Waals surface area contributed by atoms with Crippen LogP contribution in [-0.4, -0.2) is 34.2 Å². The van der Waals surface area contributed by atoms with E-state index in [2.05, 4.69) is 91.1 Å². The Morgan fingerprint density at radius 1 is 1.03 bits per heavy atom. The van der Waals surface area contributed by atoms with Crippen LogP contribution in [-0.2, 0) is 20.5 Å². The van der Waals surface area contributed by atoms with Crippen LogP contribution in [0.2, 0.25) is 18.1 Å². The molecule has 0 N–H and O–H groups in total. The quantitative estimate of drug-likeness (QED) is 0.242. The van der Waals surface area contributed by atoms with Crippen molar-refractivity contribution in [1.82, 2.24) is 0 Å². The van der Waals surface area contributed by atoms with Gasteiger partial charge in [-0.05, 0) is 36.5 Å². The molecule has 1 rings (SSSR count). The predicted octanol–water partition coefficient (Wildman–Crippen LogP) is 7.24. The molecule has 4 heteroatoms. The summed E-state index contributed by atoms with van der Waals surface area (Å²) in [4.78, 5) is 0. The SMILES string of the molecule is CC/C=C/C[C@@H](O[Si](C)(C)C(C)(C)C)[C@H](C)[C@H](OC)[C@@H](C)COCc1ccccc1. The average molecular weight is 435 g/mol. The fourth-order valence-electron chi connectivity index (χ4n) is 3.53. The standard InChI is InChI=1S/C26H46O3Si/c1-10-11-13-18-24(29-30(8,9)26(4,5)6)22(3)25(27-7)21(2)19-28-20-23-16-14-12-15-17-23/h11-17,21-22,24-25H,10,18-20H2,1-9H3/b13-11+/t21-,22-,24+,25+/m0/s1. The Labute approximate surface area is 187 Å². The first kappa shape index (κ1) is 27.1. The van der Waals surface area contributed by atoms with Crippen LogP contribution in [0.5, 0.6) is 0 Å². The highest BCUT2D eigenvalue weighted by Gasteiger charge is 2.41. The van der Waals surface area contributed by atoms with Crippen LogP contribution < -0.4 is 0 Å². The van der Waals surface area contributed by atoms with Crippen molar-refractivity contribution in [3.63, 3.8) is 0 Å². The van der Waals surface area contributed by atoms with E-state index < -0.39 is 8.32 Å². The molecule has 0 unspecified atom stereocenters. The minimum Gasteiger partial charge on any atom is -0.413 e. The minimum atomic E-state index is -1.87. The highest BCUT2D eigenvalue weighted by molar-refractivity contribution is 6.74. The third kappa shape index (κ3) is 8.66. The minimum absolute atomic E-state index is 0.0885. The lowest BCUT2D eigenvalue weighted by Crippen LogP contribution is -2.48. The zero-order valence-electron chi connectivity index (χ0n) is 20.9. The molecular formula is C26H46O3Si. The van der Waals surface area contributed by atoms with Gasteiger partial charge >= 0.3 is 0 Å². The molecule has 0 bridgehead atoms. The summed E-state index contributed by atoms with van der Waals surface area (Å²) in [6, 6.07) is 10.3. The van der Waals surface area contributed by atoms with Crippen LogP contribution in [0.15, 0.2) is 42.5 Å². The molecule has 0 fully saturated rings. The first-order chi connectivity index (χ1) is 14.0. The molecule has 0 aliphatic heterocycles. The van der Waals surface area contributed by atoms with E-state index in [-0.39, 0.29) is 29.1 Å². The highest BCUT2D eigenvalue weighted by Crippen LogP contribution is 2.39. The molecule has 0 radical (unpaired) electrons. The topological polar surface area (TPSA) is 27.7 Å². The Kier molecular flexibility index (Phi) is 11.6. The van der Waals surface area contributed by atoms with Gasteiger partial charge < -0.3 is 13.9 Å². The summed E-state index contributed by atoms with van der Waals surface area (Å²) in [7, 11) is -0.0549. The molecule has 172 valence electrons. The Hall–Kier alpha value is -0.943. The average Bonchev–Trinajstić information content (AvgIpc) is 2.67. The fraction of sp³-hybridized carbons (Fsp3) is 0.692. The molecule has 30 heavy (non-hydrogen) atoms. The Bertz CT molecular complexity index is 606. The van der Waals surface area contributed by atoms with E-state index in [1.54, 1.807) is 0 Å². The largest absolute Gasteiger partial charge is 0.413 e. The number of ether oxygens (including phenoxy) is 2. The van der Waals surface area contributed by atoms with Gasteiger partial charge in [0, 0.05) is 18.9 Å². The van der Waals surface area contributed by atoms with Crippen LogP contribution in [0.1, 0.15) is 59.9 Å². The Morgan fingerprint density at radius 3 is 2.20 bits per heavy atom. The summed E-state index contributed by atoms with van der Waals surface area (Å²) in [5, 5.41) is 0.187. The van der Waals surface area contributed by atoms with Crippen molar-refractivity contribution in [3.8, 4) is 0 Å². The summed E-state index contributed by atoms with van der Waals surface area (Å²) in [6.07, 6.45) is 6.73. The summed E-state index contributed by atoms with van der Waals surface area (Å²) in [5.41, 5.74) is 1.20. The monoisotopic (exact) mass is 434 g/mol. The van der Waals surface area contributed by atoms with Crippen LogP contribution in [0.3, 0.4) is 0 Å². The van der Waals surface area contributed by atoms with Crippen LogP contribution in [0.25, 0.3) is 0 Å². The van der Waals surface area contributed by atoms with E-state index in [1.807, 2.05) is 13.2 Å². The second-order valence-electron chi connectivity index (χ2n) is 10.1. The first-order valence-electron chi connectivity index (χ1n) is 11.5. The molecule has 0 saturated heterocycles. The second kappa shape index (κ2) is 12.8. The molecule has 0 amide bonds. The van der Waals surface area contributed by atoms with Gasteiger partial charge in [-0.3, -0.25) is 0 Å². The number of rotatable bonds is 13. The molecule has 0 aliphatic rings. The van der Waals surface area contributed by atoms with Crippen molar-refractivity contribution < 1.29 is 13.9 Å². The summed E-state index contributed by atoms with van der Waals surface area (Å²) >= 11 is 0. The number of benzene rings is 1. The number of methoxy groups -OCH3 is 1. The molecule has 3 nitrogen and oxygen atoms in total. The van der Waals surface area contributed by atoms with Crippen LogP contribution in [0, 0.1) is 11.8 Å². The Morgan fingerprint density at radius 2 is 1.67 bits per heavy atom. The molecule has 0 heterocycles. The van der Waals surface area contributed by atoms with Gasteiger partial charge in [-0.15, -0.1) is 0 Å². The van der Waals surface area contributed by atoms with Gasteiger partial charge in [0.25, 0.3) is 0 Å². The van der Waals surface area contributed by atoms with E-state index in [4.69, 9.17) is 13.9 Å². The maximum atomic E-state index is 6.88. The lowest BCUT2D eigenvalue weighted by Gasteiger charge is -2.42. The third-order valence-corrected chi connectivity index (χ3v) is 11.0. The summed E-state index contributed by atoms with van der Waals surface area (Å²) in [5.74, 6) is 0.565. The second-order valence-corrected chi connectivity index (χ2v) is 14.8. The van der Waals surface area contributed by atoms with Crippen molar-refractivity contribution in [1.29, 1.82) is 0 Å². The number of allylic oxidation sites excluding steroid dienone is 1. The van der Waals surface area contributed by atoms with E-state index >= 15 is 0 Å². The molecule has 0 aliphatic carbocycles. The van der Waals surface area contributed by atoms with Gasteiger partial charge in [-0.2, -0.15) is 0 Å². The molecule has 4 atom stereocenters. The molecule has 0 spiro atoms. The van der Waals surface area contributed by atoms with E-state index in [1.165, 1.54) is 5.56 Å². The zero-order valence-corrected chi connectivity index (χ0v) is 21.9. The van der Waals surface area contributed by atoms with Gasteiger partial charge in [0.15, 0.2) is 8.32 Å². The molecule has 0 aromatic heterocycles. The van der Waals surface area contributed by atoms with Crippen molar-refractivity contribution >= 4 is 8.32 Å². The van der Waals surface area contributed by atoms with Gasteiger partial charge in [0.1, 0.15) is 0 Å². The lowest BCUT2D eigenvalue weighted by atomic mass is 9.88. The summed E-state index contributed by atoms with van der Waals surface area (Å²) < 4.78 is 18.9. The van der Waals surface area contributed by atoms with Gasteiger partial charge in [0.05, 0.1) is 25.4 Å². The van der Waals surface area contributed by atoms with E-state index in [0.29, 0.717) is 13.2 Å². The van der Waals surface area contributed by atoms with Crippen LogP contribution >= 0.6 is 0 Å². The van der Waals surface area contributed by atoms with E-state index in [9.17, 15) is 0 Å². The zero-order chi connectivity index (χ0) is 22.8. The molecular weight excluding hydrogens is 388 g/mol. The third-order valence-electron chi connectivity index (χ3n) is 6.45. The van der Waals surface area contributed by atoms with Crippen molar-refractivity contribution in [2.45, 2.75) is 91.3 Å². The first-order valence-corrected chi connectivity index (χ1v) is 14.4.